The normalized spacial score (nSPS) is 17.0. The lowest BCUT2D eigenvalue weighted by Crippen LogP contribution is -2.40. The van der Waals surface area contributed by atoms with Gasteiger partial charge in [0.2, 0.25) is 5.91 Å². The Kier molecular flexibility index (Phi) is 6.87. The third kappa shape index (κ3) is 5.32. The van der Waals surface area contributed by atoms with Crippen molar-refractivity contribution in [2.24, 2.45) is 0 Å². The quantitative estimate of drug-likeness (QED) is 0.733. The summed E-state index contributed by atoms with van der Waals surface area (Å²) in [7, 11) is 1.69. The van der Waals surface area contributed by atoms with E-state index in [0.717, 1.165) is 37.6 Å². The van der Waals surface area contributed by atoms with Crippen molar-refractivity contribution in [3.8, 4) is 11.5 Å². The van der Waals surface area contributed by atoms with Crippen molar-refractivity contribution < 1.29 is 19.0 Å². The van der Waals surface area contributed by atoms with Gasteiger partial charge in [-0.1, -0.05) is 24.3 Å². The number of nitrogens with zero attached hydrogens (tertiary/aromatic N) is 2. The summed E-state index contributed by atoms with van der Waals surface area (Å²) in [5.41, 5.74) is 3.60. The van der Waals surface area contributed by atoms with Crippen molar-refractivity contribution in [3.63, 3.8) is 0 Å². The minimum absolute atomic E-state index is 0.212. The highest BCUT2D eigenvalue weighted by Crippen LogP contribution is 2.26. The van der Waals surface area contributed by atoms with Gasteiger partial charge in [0.25, 0.3) is 0 Å². The first-order valence-electron chi connectivity index (χ1n) is 10.7. The van der Waals surface area contributed by atoms with E-state index in [1.165, 1.54) is 16.7 Å². The van der Waals surface area contributed by atoms with Crippen LogP contribution in [0.25, 0.3) is 0 Å². The molecule has 0 saturated carbocycles. The summed E-state index contributed by atoms with van der Waals surface area (Å²) in [6.07, 6.45) is 1.28. The number of amides is 1. The number of benzene rings is 2. The molecule has 160 valence electrons. The number of hydrogen-bond acceptors (Lipinski definition) is 5. The van der Waals surface area contributed by atoms with Crippen LogP contribution in [0.15, 0.2) is 42.5 Å². The monoisotopic (exact) mass is 410 g/mol. The Morgan fingerprint density at radius 2 is 1.90 bits per heavy atom. The van der Waals surface area contributed by atoms with Gasteiger partial charge in [-0.3, -0.25) is 9.69 Å². The fourth-order valence-corrected chi connectivity index (χ4v) is 4.04. The van der Waals surface area contributed by atoms with Gasteiger partial charge in [0.05, 0.1) is 20.3 Å². The number of methoxy groups -OCH3 is 1. The zero-order chi connectivity index (χ0) is 20.8. The largest absolute Gasteiger partial charge is 0.497 e. The molecule has 6 heteroatoms. The fraction of sp³-hybridized carbons (Fsp3) is 0.458. The van der Waals surface area contributed by atoms with E-state index in [-0.39, 0.29) is 5.91 Å². The van der Waals surface area contributed by atoms with E-state index < -0.39 is 0 Å². The highest BCUT2D eigenvalue weighted by atomic mass is 16.5. The van der Waals surface area contributed by atoms with Crippen molar-refractivity contribution >= 4 is 5.91 Å². The Morgan fingerprint density at radius 3 is 2.73 bits per heavy atom. The van der Waals surface area contributed by atoms with E-state index in [1.54, 1.807) is 7.11 Å². The lowest BCUT2D eigenvalue weighted by atomic mass is 10.0. The van der Waals surface area contributed by atoms with Crippen molar-refractivity contribution in [2.75, 3.05) is 46.6 Å². The lowest BCUT2D eigenvalue weighted by molar-refractivity contribution is -0.135. The van der Waals surface area contributed by atoms with E-state index in [4.69, 9.17) is 14.2 Å². The molecular weight excluding hydrogens is 380 g/mol. The Balaban J connectivity index is 1.39. The smallest absolute Gasteiger partial charge is 0.223 e. The second-order valence-electron chi connectivity index (χ2n) is 7.85. The maximum absolute atomic E-state index is 12.4. The molecule has 0 aromatic heterocycles. The number of morpholine rings is 1. The molecule has 0 aliphatic carbocycles. The first kappa shape index (κ1) is 20.7. The Morgan fingerprint density at radius 1 is 1.03 bits per heavy atom. The molecule has 0 spiro atoms. The van der Waals surface area contributed by atoms with Crippen LogP contribution < -0.4 is 9.47 Å². The molecule has 0 N–H and O–H groups in total. The van der Waals surface area contributed by atoms with Gasteiger partial charge in [0.15, 0.2) is 0 Å². The van der Waals surface area contributed by atoms with E-state index in [2.05, 4.69) is 35.2 Å². The molecule has 0 atom stereocenters. The number of rotatable bonds is 6. The number of fused-ring (bicyclic) bond motifs is 1. The summed E-state index contributed by atoms with van der Waals surface area (Å²) in [6, 6.07) is 14.5. The van der Waals surface area contributed by atoms with Crippen LogP contribution in [0.5, 0.6) is 11.5 Å². The van der Waals surface area contributed by atoms with E-state index in [9.17, 15) is 4.79 Å². The maximum Gasteiger partial charge on any atom is 0.223 e. The van der Waals surface area contributed by atoms with Gasteiger partial charge < -0.3 is 19.1 Å². The van der Waals surface area contributed by atoms with Crippen LogP contribution in [0.2, 0.25) is 0 Å². The maximum atomic E-state index is 12.4. The summed E-state index contributed by atoms with van der Waals surface area (Å²) >= 11 is 0. The summed E-state index contributed by atoms with van der Waals surface area (Å²) in [5.74, 6) is 2.04. The second kappa shape index (κ2) is 9.96. The average Bonchev–Trinajstić information content (AvgIpc) is 2.99. The molecule has 0 unspecified atom stereocenters. The van der Waals surface area contributed by atoms with Crippen molar-refractivity contribution in [1.29, 1.82) is 0 Å². The van der Waals surface area contributed by atoms with E-state index in [0.29, 0.717) is 39.3 Å². The molecule has 4 rings (SSSR count). The van der Waals surface area contributed by atoms with Crippen LogP contribution in [-0.4, -0.2) is 62.3 Å². The van der Waals surface area contributed by atoms with Gasteiger partial charge in [0.1, 0.15) is 18.1 Å². The van der Waals surface area contributed by atoms with Crippen molar-refractivity contribution in [1.82, 2.24) is 9.80 Å². The molecule has 30 heavy (non-hydrogen) atoms. The molecule has 1 amide bonds. The van der Waals surface area contributed by atoms with Crippen LogP contribution in [-0.2, 0) is 29.0 Å². The zero-order valence-corrected chi connectivity index (χ0v) is 17.6. The van der Waals surface area contributed by atoms with Gasteiger partial charge in [-0.15, -0.1) is 0 Å². The predicted octanol–water partition coefficient (Wildman–Crippen LogP) is 2.88. The van der Waals surface area contributed by atoms with Crippen LogP contribution in [0.1, 0.15) is 23.1 Å². The lowest BCUT2D eigenvalue weighted by Gasteiger charge is -2.26. The minimum Gasteiger partial charge on any atom is -0.497 e. The van der Waals surface area contributed by atoms with E-state index in [1.807, 2.05) is 17.0 Å². The topological polar surface area (TPSA) is 51.2 Å². The molecule has 1 fully saturated rings. The standard InChI is InChI=1S/C24H30N2O4/c1-28-22-4-2-3-20(16-22)17-25-9-14-30-23-7-5-19(15-21(23)18-25)6-8-24(27)26-10-12-29-13-11-26/h2-5,7,15-16H,6,8-14,17-18H2,1H3. The minimum atomic E-state index is 0.212. The number of aryl methyl sites for hydroxylation is 1. The van der Waals surface area contributed by atoms with Crippen LogP contribution in [0.3, 0.4) is 0 Å². The molecule has 0 bridgehead atoms. The number of carbonyl (C=O) groups excluding carboxylic acids is 1. The SMILES string of the molecule is COc1cccc(CN2CCOc3ccc(CCC(=O)N4CCOCC4)cc3C2)c1. The average molecular weight is 411 g/mol. The number of ether oxygens (including phenoxy) is 3. The zero-order valence-electron chi connectivity index (χ0n) is 17.6. The van der Waals surface area contributed by atoms with Crippen LogP contribution in [0.4, 0.5) is 0 Å². The van der Waals surface area contributed by atoms with Gasteiger partial charge in [-0.05, 0) is 35.7 Å². The van der Waals surface area contributed by atoms with Gasteiger partial charge in [0, 0.05) is 44.7 Å². The summed E-state index contributed by atoms with van der Waals surface area (Å²) in [6.45, 7) is 5.92. The fourth-order valence-electron chi connectivity index (χ4n) is 4.04. The molecule has 0 radical (unpaired) electrons. The third-order valence-corrected chi connectivity index (χ3v) is 5.72. The van der Waals surface area contributed by atoms with E-state index >= 15 is 0 Å². The molecular formula is C24H30N2O4. The third-order valence-electron chi connectivity index (χ3n) is 5.72. The summed E-state index contributed by atoms with van der Waals surface area (Å²) in [4.78, 5) is 16.8. The highest BCUT2D eigenvalue weighted by molar-refractivity contribution is 5.76. The molecule has 2 aromatic rings. The van der Waals surface area contributed by atoms with Crippen molar-refractivity contribution in [2.45, 2.75) is 25.9 Å². The second-order valence-corrected chi connectivity index (χ2v) is 7.85. The summed E-state index contributed by atoms with van der Waals surface area (Å²) in [5, 5.41) is 0. The molecule has 2 aliphatic rings. The predicted molar refractivity (Wildman–Crippen MR) is 115 cm³/mol. The first-order valence-corrected chi connectivity index (χ1v) is 10.7. The van der Waals surface area contributed by atoms with Gasteiger partial charge >= 0.3 is 0 Å². The van der Waals surface area contributed by atoms with Crippen LogP contribution in [0, 0.1) is 0 Å². The number of hydrogen-bond donors (Lipinski definition) is 0. The Bertz CT molecular complexity index is 864. The molecule has 2 heterocycles. The van der Waals surface area contributed by atoms with Crippen LogP contribution >= 0.6 is 0 Å². The van der Waals surface area contributed by atoms with Gasteiger partial charge in [-0.25, -0.2) is 0 Å². The molecule has 2 aromatic carbocycles. The first-order chi connectivity index (χ1) is 14.7. The molecule has 1 saturated heterocycles. The number of carbonyl (C=O) groups is 1. The van der Waals surface area contributed by atoms with Gasteiger partial charge in [-0.2, -0.15) is 0 Å². The Hall–Kier alpha value is -2.57. The van der Waals surface area contributed by atoms with Crippen molar-refractivity contribution in [3.05, 3.63) is 59.2 Å². The highest BCUT2D eigenvalue weighted by Gasteiger charge is 2.19. The molecule has 6 nitrogen and oxygen atoms in total. The molecule has 2 aliphatic heterocycles. The Labute approximate surface area is 178 Å². The summed E-state index contributed by atoms with van der Waals surface area (Å²) < 4.78 is 16.7.